The Balaban J connectivity index is 1.89. The van der Waals surface area contributed by atoms with E-state index in [9.17, 15) is 4.79 Å². The molecule has 3 rings (SSSR count). The van der Waals surface area contributed by atoms with Gasteiger partial charge in [-0.25, -0.2) is 0 Å². The highest BCUT2D eigenvalue weighted by Crippen LogP contribution is 2.42. The molecule has 1 saturated heterocycles. The zero-order chi connectivity index (χ0) is 19.4. The van der Waals surface area contributed by atoms with Crippen LogP contribution in [0, 0.1) is 0 Å². The number of hydrogen-bond donors (Lipinski definition) is 0. The number of nitrogens with zero attached hydrogens (tertiary/aromatic N) is 1. The topological polar surface area (TPSA) is 57.2 Å². The van der Waals surface area contributed by atoms with Crippen molar-refractivity contribution in [3.05, 3.63) is 47.5 Å². The van der Waals surface area contributed by atoms with Crippen LogP contribution in [0.4, 0.5) is 0 Å². The molecule has 0 spiro atoms. The number of carbonyl (C=O) groups excluding carboxylic acids is 1. The van der Waals surface area contributed by atoms with E-state index >= 15 is 0 Å². The van der Waals surface area contributed by atoms with Crippen molar-refractivity contribution in [3.8, 4) is 23.0 Å². The van der Waals surface area contributed by atoms with Gasteiger partial charge >= 0.3 is 0 Å². The Morgan fingerprint density at radius 3 is 2.11 bits per heavy atom. The van der Waals surface area contributed by atoms with E-state index in [-0.39, 0.29) is 11.3 Å². The summed E-state index contributed by atoms with van der Waals surface area (Å²) in [5, 5.41) is -0.0394. The molecule has 2 aromatic carbocycles. The summed E-state index contributed by atoms with van der Waals surface area (Å²) in [4.78, 5) is 14.4. The van der Waals surface area contributed by atoms with Crippen molar-refractivity contribution in [2.24, 2.45) is 0 Å². The van der Waals surface area contributed by atoms with Gasteiger partial charge in [-0.2, -0.15) is 0 Å². The van der Waals surface area contributed by atoms with E-state index in [0.717, 1.165) is 16.9 Å². The summed E-state index contributed by atoms with van der Waals surface area (Å²) in [7, 11) is 6.37. The third kappa shape index (κ3) is 3.93. The van der Waals surface area contributed by atoms with E-state index in [0.29, 0.717) is 29.5 Å². The van der Waals surface area contributed by atoms with Gasteiger partial charge in [0.1, 0.15) is 11.1 Å². The zero-order valence-corrected chi connectivity index (χ0v) is 16.7. The van der Waals surface area contributed by atoms with Gasteiger partial charge in [-0.3, -0.25) is 4.79 Å². The van der Waals surface area contributed by atoms with Crippen LogP contribution in [0.15, 0.2) is 36.4 Å². The Morgan fingerprint density at radius 2 is 1.59 bits per heavy atom. The fourth-order valence-corrected chi connectivity index (χ4v) is 4.28. The number of carbonyl (C=O) groups is 1. The summed E-state index contributed by atoms with van der Waals surface area (Å²) in [6.07, 6.45) is 0. The highest BCUT2D eigenvalue weighted by atomic mass is 32.2. The summed E-state index contributed by atoms with van der Waals surface area (Å²) in [5.41, 5.74) is 1.98. The molecule has 1 amide bonds. The molecule has 0 N–H and O–H groups in total. The Kier molecular flexibility index (Phi) is 6.01. The first-order valence-electron chi connectivity index (χ1n) is 8.45. The minimum Gasteiger partial charge on any atom is -0.497 e. The second-order valence-corrected chi connectivity index (χ2v) is 7.06. The van der Waals surface area contributed by atoms with Gasteiger partial charge in [0.05, 0.1) is 34.2 Å². The van der Waals surface area contributed by atoms with Gasteiger partial charge in [0.25, 0.3) is 0 Å². The van der Waals surface area contributed by atoms with Crippen molar-refractivity contribution in [2.45, 2.75) is 11.9 Å². The summed E-state index contributed by atoms with van der Waals surface area (Å²) < 4.78 is 21.4. The van der Waals surface area contributed by atoms with Crippen LogP contribution < -0.4 is 18.9 Å². The second kappa shape index (κ2) is 8.43. The lowest BCUT2D eigenvalue weighted by molar-refractivity contribution is -0.128. The molecular weight excluding hydrogens is 366 g/mol. The van der Waals surface area contributed by atoms with Crippen molar-refractivity contribution in [3.63, 3.8) is 0 Å². The van der Waals surface area contributed by atoms with E-state index in [1.807, 2.05) is 41.3 Å². The lowest BCUT2D eigenvalue weighted by atomic mass is 10.1. The number of methoxy groups -OCH3 is 4. The van der Waals surface area contributed by atoms with Gasteiger partial charge in [-0.15, -0.1) is 11.8 Å². The monoisotopic (exact) mass is 389 g/mol. The van der Waals surface area contributed by atoms with Crippen LogP contribution in [-0.4, -0.2) is 45.0 Å². The van der Waals surface area contributed by atoms with Crippen LogP contribution in [0.5, 0.6) is 23.0 Å². The van der Waals surface area contributed by atoms with E-state index in [1.165, 1.54) is 0 Å². The average molecular weight is 389 g/mol. The van der Waals surface area contributed by atoms with E-state index in [4.69, 9.17) is 18.9 Å². The number of ether oxygens (including phenoxy) is 4. The fraction of sp³-hybridized carbons (Fsp3) is 0.350. The molecule has 2 aromatic rings. The molecule has 1 fully saturated rings. The van der Waals surface area contributed by atoms with E-state index in [2.05, 4.69) is 0 Å². The van der Waals surface area contributed by atoms with Crippen LogP contribution >= 0.6 is 11.8 Å². The summed E-state index contributed by atoms with van der Waals surface area (Å²) >= 11 is 1.62. The maximum absolute atomic E-state index is 12.5. The van der Waals surface area contributed by atoms with Crippen molar-refractivity contribution in [1.29, 1.82) is 0 Å². The molecular formula is C20H23NO5S. The number of benzene rings is 2. The molecule has 0 aliphatic carbocycles. The van der Waals surface area contributed by atoms with Crippen molar-refractivity contribution < 1.29 is 23.7 Å². The minimum absolute atomic E-state index is 0.0394. The van der Waals surface area contributed by atoms with Crippen LogP contribution in [0.1, 0.15) is 16.5 Å². The van der Waals surface area contributed by atoms with Crippen LogP contribution in [0.25, 0.3) is 0 Å². The molecule has 0 saturated carbocycles. The fourth-order valence-electron chi connectivity index (χ4n) is 3.09. The number of rotatable bonds is 7. The lowest BCUT2D eigenvalue weighted by Gasteiger charge is -2.25. The molecule has 6 nitrogen and oxygen atoms in total. The third-order valence-corrected chi connectivity index (χ3v) is 5.70. The standard InChI is InChI=1S/C20H23NO5S/c1-23-15-7-5-14(6-8-15)20-21(18(22)12-27-20)11-13-9-16(24-2)19(26-4)17(10-13)25-3/h5-10,20H,11-12H2,1-4H3. The van der Waals surface area contributed by atoms with Crippen molar-refractivity contribution in [2.75, 3.05) is 34.2 Å². The van der Waals surface area contributed by atoms with Crippen LogP contribution in [0.3, 0.4) is 0 Å². The molecule has 1 atom stereocenters. The third-order valence-electron chi connectivity index (χ3n) is 4.45. The Labute approximate surface area is 163 Å². The molecule has 0 bridgehead atoms. The lowest BCUT2D eigenvalue weighted by Crippen LogP contribution is -2.27. The number of hydrogen-bond acceptors (Lipinski definition) is 6. The molecule has 1 heterocycles. The number of thioether (sulfide) groups is 1. The van der Waals surface area contributed by atoms with Crippen LogP contribution in [0.2, 0.25) is 0 Å². The smallest absolute Gasteiger partial charge is 0.234 e. The largest absolute Gasteiger partial charge is 0.497 e. The highest BCUT2D eigenvalue weighted by Gasteiger charge is 2.33. The van der Waals surface area contributed by atoms with E-state index in [1.54, 1.807) is 40.2 Å². The van der Waals surface area contributed by atoms with Crippen molar-refractivity contribution >= 4 is 17.7 Å². The van der Waals surface area contributed by atoms with E-state index < -0.39 is 0 Å². The second-order valence-electron chi connectivity index (χ2n) is 5.99. The summed E-state index contributed by atoms with van der Waals surface area (Å²) in [5.74, 6) is 3.05. The average Bonchev–Trinajstić information content (AvgIpc) is 3.07. The molecule has 0 aromatic heterocycles. The van der Waals surface area contributed by atoms with Gasteiger partial charge in [0.2, 0.25) is 11.7 Å². The van der Waals surface area contributed by atoms with Gasteiger partial charge in [-0.1, -0.05) is 12.1 Å². The number of amides is 1. The predicted octanol–water partition coefficient (Wildman–Crippen LogP) is 3.50. The first-order chi connectivity index (χ1) is 13.1. The molecule has 144 valence electrons. The minimum atomic E-state index is -0.0394. The van der Waals surface area contributed by atoms with Crippen LogP contribution in [-0.2, 0) is 11.3 Å². The zero-order valence-electron chi connectivity index (χ0n) is 15.9. The molecule has 7 heteroatoms. The molecule has 1 aliphatic heterocycles. The molecule has 1 unspecified atom stereocenters. The first kappa shape index (κ1) is 19.2. The normalized spacial score (nSPS) is 16.4. The summed E-state index contributed by atoms with van der Waals surface area (Å²) in [6, 6.07) is 11.6. The molecule has 27 heavy (non-hydrogen) atoms. The quantitative estimate of drug-likeness (QED) is 0.723. The first-order valence-corrected chi connectivity index (χ1v) is 9.50. The highest BCUT2D eigenvalue weighted by molar-refractivity contribution is 8.00. The van der Waals surface area contributed by atoms with Gasteiger partial charge < -0.3 is 23.8 Å². The molecule has 1 aliphatic rings. The Morgan fingerprint density at radius 1 is 0.963 bits per heavy atom. The maximum atomic E-state index is 12.5. The van der Waals surface area contributed by atoms with Gasteiger partial charge in [-0.05, 0) is 35.4 Å². The van der Waals surface area contributed by atoms with Crippen molar-refractivity contribution in [1.82, 2.24) is 4.90 Å². The Hall–Kier alpha value is -2.54. The Bertz CT molecular complexity index is 784. The SMILES string of the molecule is COc1ccc(C2SCC(=O)N2Cc2cc(OC)c(OC)c(OC)c2)cc1. The maximum Gasteiger partial charge on any atom is 0.234 e. The molecule has 0 radical (unpaired) electrons. The predicted molar refractivity (Wildman–Crippen MR) is 105 cm³/mol. The summed E-state index contributed by atoms with van der Waals surface area (Å²) in [6.45, 7) is 0.458. The van der Waals surface area contributed by atoms with Gasteiger partial charge in [0, 0.05) is 6.54 Å². The van der Waals surface area contributed by atoms with Gasteiger partial charge in [0.15, 0.2) is 11.5 Å².